The van der Waals surface area contributed by atoms with Gasteiger partial charge in [0.15, 0.2) is 6.10 Å². The van der Waals surface area contributed by atoms with Crippen molar-refractivity contribution in [3.8, 4) is 0 Å². The molecule has 6 heteroatoms. The van der Waals surface area contributed by atoms with Gasteiger partial charge in [0.05, 0.1) is 5.56 Å². The summed E-state index contributed by atoms with van der Waals surface area (Å²) in [4.78, 5) is 12.2. The number of halogens is 3. The molecule has 1 fully saturated rings. The monoisotopic (exact) mass is 370 g/mol. The smallest absolute Gasteiger partial charge is 0.338 e. The van der Waals surface area contributed by atoms with E-state index >= 15 is 0 Å². The van der Waals surface area contributed by atoms with Gasteiger partial charge in [-0.25, -0.2) is 4.79 Å². The third-order valence-corrected chi connectivity index (χ3v) is 4.16. The maximum atomic E-state index is 12.2. The number of hydrogen-bond acceptors (Lipinski definition) is 3. The highest BCUT2D eigenvalue weighted by Crippen LogP contribution is 2.48. The lowest BCUT2D eigenvalue weighted by molar-refractivity contribution is 0.0239. The second kappa shape index (κ2) is 6.70. The van der Waals surface area contributed by atoms with Crippen LogP contribution in [0.5, 0.6) is 0 Å². The van der Waals surface area contributed by atoms with Crippen LogP contribution in [0.15, 0.2) is 60.7 Å². The van der Waals surface area contributed by atoms with E-state index in [0.29, 0.717) is 5.56 Å². The molecule has 23 heavy (non-hydrogen) atoms. The molecule has 2 aromatic carbocycles. The topological polar surface area (TPSA) is 38.8 Å². The molecule has 0 aliphatic carbocycles. The first kappa shape index (κ1) is 16.6. The zero-order valence-electron chi connectivity index (χ0n) is 11.9. The van der Waals surface area contributed by atoms with Gasteiger partial charge >= 0.3 is 5.97 Å². The van der Waals surface area contributed by atoms with E-state index < -0.39 is 22.0 Å². The van der Waals surface area contributed by atoms with Crippen LogP contribution in [-0.2, 0) is 9.47 Å². The number of ether oxygens (including phenoxy) is 2. The first-order valence-electron chi connectivity index (χ1n) is 7.00. The van der Waals surface area contributed by atoms with E-state index in [-0.39, 0.29) is 6.10 Å². The number of esters is 1. The summed E-state index contributed by atoms with van der Waals surface area (Å²) in [6.45, 7) is 0. The Labute approximate surface area is 149 Å². The Morgan fingerprint density at radius 2 is 1.57 bits per heavy atom. The molecule has 0 radical (unpaired) electrons. The molecule has 0 amide bonds. The Kier molecular flexibility index (Phi) is 4.83. The lowest BCUT2D eigenvalue weighted by atomic mass is 10.1. The summed E-state index contributed by atoms with van der Waals surface area (Å²) in [5.74, 6) is -0.552. The van der Waals surface area contributed by atoms with Crippen molar-refractivity contribution >= 4 is 40.8 Å². The average molecular weight is 372 g/mol. The van der Waals surface area contributed by atoms with Gasteiger partial charge in [0.1, 0.15) is 12.2 Å². The fraction of sp³-hybridized carbons (Fsp3) is 0.235. The van der Waals surface area contributed by atoms with Crippen LogP contribution in [-0.4, -0.2) is 22.0 Å². The second-order valence-corrected chi connectivity index (χ2v) is 7.53. The molecule has 0 bridgehead atoms. The molecule has 1 heterocycles. The number of epoxide rings is 1. The van der Waals surface area contributed by atoms with E-state index in [9.17, 15) is 4.79 Å². The van der Waals surface area contributed by atoms with Gasteiger partial charge in [-0.2, -0.15) is 0 Å². The summed E-state index contributed by atoms with van der Waals surface area (Å²) < 4.78 is 9.24. The fourth-order valence-corrected chi connectivity index (χ4v) is 2.85. The Hall–Kier alpha value is -1.26. The Bertz CT molecular complexity index is 670. The quantitative estimate of drug-likeness (QED) is 0.443. The molecular formula is C17H13Cl3O3. The van der Waals surface area contributed by atoms with E-state index in [1.165, 1.54) is 0 Å². The van der Waals surface area contributed by atoms with Crippen LogP contribution in [0.1, 0.15) is 22.0 Å². The lowest BCUT2D eigenvalue weighted by Crippen LogP contribution is -2.36. The van der Waals surface area contributed by atoms with E-state index in [1.807, 2.05) is 30.3 Å². The van der Waals surface area contributed by atoms with Crippen molar-refractivity contribution in [2.45, 2.75) is 22.1 Å². The third kappa shape index (κ3) is 3.99. The van der Waals surface area contributed by atoms with Crippen molar-refractivity contribution in [1.29, 1.82) is 0 Å². The maximum absolute atomic E-state index is 12.2. The molecule has 0 spiro atoms. The summed E-state index contributed by atoms with van der Waals surface area (Å²) in [7, 11) is 0. The fourth-order valence-electron chi connectivity index (χ4n) is 2.34. The Balaban J connectivity index is 1.74. The van der Waals surface area contributed by atoms with E-state index in [2.05, 4.69) is 0 Å². The number of benzene rings is 2. The van der Waals surface area contributed by atoms with E-state index in [0.717, 1.165) is 5.56 Å². The van der Waals surface area contributed by atoms with Crippen LogP contribution in [0, 0.1) is 0 Å². The van der Waals surface area contributed by atoms with Crippen molar-refractivity contribution < 1.29 is 14.3 Å². The zero-order chi connectivity index (χ0) is 16.4. The van der Waals surface area contributed by atoms with Crippen LogP contribution in [0.2, 0.25) is 0 Å². The van der Waals surface area contributed by atoms with E-state index in [1.54, 1.807) is 30.3 Å². The molecule has 1 aliphatic heterocycles. The zero-order valence-corrected chi connectivity index (χ0v) is 14.1. The van der Waals surface area contributed by atoms with Gasteiger partial charge in [-0.1, -0.05) is 83.3 Å². The molecule has 3 rings (SSSR count). The standard InChI is InChI=1S/C17H13Cl3O3/c18-17(19,20)15(23-16(21)12-9-5-2-6-10-12)14-13(22-14)11-7-3-1-4-8-11/h1-10,13-15H/t13-,14+,15+/m0/s1. The number of rotatable bonds is 4. The number of alkyl halides is 3. The van der Waals surface area contributed by atoms with Gasteiger partial charge in [0.2, 0.25) is 3.79 Å². The second-order valence-electron chi connectivity index (χ2n) is 5.17. The Morgan fingerprint density at radius 1 is 1.00 bits per heavy atom. The van der Waals surface area contributed by atoms with Crippen LogP contribution < -0.4 is 0 Å². The van der Waals surface area contributed by atoms with Gasteiger partial charge in [0.25, 0.3) is 0 Å². The predicted octanol–water partition coefficient (Wildman–Crippen LogP) is 4.72. The van der Waals surface area contributed by atoms with E-state index in [4.69, 9.17) is 44.3 Å². The van der Waals surface area contributed by atoms with Crippen LogP contribution in [0.25, 0.3) is 0 Å². The van der Waals surface area contributed by atoms with Crippen LogP contribution in [0.4, 0.5) is 0 Å². The molecule has 3 atom stereocenters. The van der Waals surface area contributed by atoms with Crippen molar-refractivity contribution in [3.63, 3.8) is 0 Å². The molecule has 2 aromatic rings. The maximum Gasteiger partial charge on any atom is 0.338 e. The van der Waals surface area contributed by atoms with Crippen LogP contribution >= 0.6 is 34.8 Å². The van der Waals surface area contributed by atoms with Gasteiger partial charge in [-0.05, 0) is 17.7 Å². The molecule has 120 valence electrons. The van der Waals surface area contributed by atoms with Crippen molar-refractivity contribution in [1.82, 2.24) is 0 Å². The van der Waals surface area contributed by atoms with Gasteiger partial charge < -0.3 is 9.47 Å². The average Bonchev–Trinajstić information content (AvgIpc) is 3.33. The molecule has 0 unspecified atom stereocenters. The first-order chi connectivity index (χ1) is 11.0. The highest BCUT2D eigenvalue weighted by molar-refractivity contribution is 6.68. The third-order valence-electron chi connectivity index (χ3n) is 3.52. The molecule has 1 saturated heterocycles. The summed E-state index contributed by atoms with van der Waals surface area (Å²) in [6.07, 6.45) is -1.73. The lowest BCUT2D eigenvalue weighted by Gasteiger charge is -2.23. The van der Waals surface area contributed by atoms with Gasteiger partial charge in [0, 0.05) is 0 Å². The number of carbonyl (C=O) groups is 1. The minimum atomic E-state index is -1.78. The summed E-state index contributed by atoms with van der Waals surface area (Å²) in [6, 6.07) is 18.1. The molecule has 0 saturated carbocycles. The molecule has 1 aliphatic rings. The highest BCUT2D eigenvalue weighted by Gasteiger charge is 2.55. The number of hydrogen-bond donors (Lipinski definition) is 0. The summed E-state index contributed by atoms with van der Waals surface area (Å²) >= 11 is 18.0. The minimum absolute atomic E-state index is 0.250. The van der Waals surface area contributed by atoms with Crippen molar-refractivity contribution in [3.05, 3.63) is 71.8 Å². The SMILES string of the molecule is O=C(O[C@H]([C@@H]1O[C@H]1c1ccccc1)C(Cl)(Cl)Cl)c1ccccc1. The van der Waals surface area contributed by atoms with Gasteiger partial charge in [-0.3, -0.25) is 0 Å². The van der Waals surface area contributed by atoms with Crippen molar-refractivity contribution in [2.75, 3.05) is 0 Å². The largest absolute Gasteiger partial charge is 0.451 e. The Morgan fingerprint density at radius 3 is 2.13 bits per heavy atom. The van der Waals surface area contributed by atoms with Crippen molar-refractivity contribution in [2.24, 2.45) is 0 Å². The summed E-state index contributed by atoms with van der Waals surface area (Å²) in [5.41, 5.74) is 1.34. The number of carbonyl (C=O) groups excluding carboxylic acids is 1. The van der Waals surface area contributed by atoms with Crippen LogP contribution in [0.3, 0.4) is 0 Å². The van der Waals surface area contributed by atoms with Gasteiger partial charge in [-0.15, -0.1) is 0 Å². The molecule has 0 aromatic heterocycles. The highest BCUT2D eigenvalue weighted by atomic mass is 35.6. The minimum Gasteiger partial charge on any atom is -0.451 e. The molecule has 3 nitrogen and oxygen atoms in total. The summed E-state index contributed by atoms with van der Waals surface area (Å²) in [5, 5.41) is 0. The molecule has 0 N–H and O–H groups in total. The molecular weight excluding hydrogens is 359 g/mol. The first-order valence-corrected chi connectivity index (χ1v) is 8.13. The normalized spacial score (nSPS) is 21.5. The predicted molar refractivity (Wildman–Crippen MR) is 90.0 cm³/mol.